The number of ether oxygens (including phenoxy) is 1. The van der Waals surface area contributed by atoms with E-state index in [2.05, 4.69) is 20.9 Å². The Labute approximate surface area is 197 Å². The Kier molecular flexibility index (Phi) is 5.98. The van der Waals surface area contributed by atoms with E-state index in [1.807, 2.05) is 30.5 Å². The Morgan fingerprint density at radius 3 is 2.79 bits per heavy atom. The van der Waals surface area contributed by atoms with Crippen LogP contribution in [0.25, 0.3) is 22.2 Å². The molecule has 4 aromatic rings. The molecule has 10 nitrogen and oxygen atoms in total. The SMILES string of the molecule is COc1cc(Cn2cccn2)cc2onc(-c3c(NC4CCNCC4)cccc3S(N)(=O)=O)c12. The Bertz CT molecular complexity index is 1410. The normalized spacial score (nSPS) is 15.0. The molecule has 34 heavy (non-hydrogen) atoms. The number of fused-ring (bicyclic) bond motifs is 1. The molecular weight excluding hydrogens is 456 g/mol. The summed E-state index contributed by atoms with van der Waals surface area (Å²) in [6.45, 7) is 2.30. The molecule has 11 heteroatoms. The van der Waals surface area contributed by atoms with Crippen molar-refractivity contribution in [1.29, 1.82) is 0 Å². The van der Waals surface area contributed by atoms with E-state index < -0.39 is 10.0 Å². The number of nitrogens with zero attached hydrogens (tertiary/aromatic N) is 3. The highest BCUT2D eigenvalue weighted by atomic mass is 32.2. The van der Waals surface area contributed by atoms with Crippen LogP contribution in [0.5, 0.6) is 5.75 Å². The van der Waals surface area contributed by atoms with Gasteiger partial charge < -0.3 is 19.9 Å². The quantitative estimate of drug-likeness (QED) is 0.365. The predicted molar refractivity (Wildman–Crippen MR) is 128 cm³/mol. The molecule has 4 N–H and O–H groups in total. The highest BCUT2D eigenvalue weighted by Crippen LogP contribution is 2.42. The molecule has 1 aliphatic heterocycles. The van der Waals surface area contributed by atoms with Crippen molar-refractivity contribution in [2.75, 3.05) is 25.5 Å². The Morgan fingerprint density at radius 2 is 2.09 bits per heavy atom. The predicted octanol–water partition coefficient (Wildman–Crippen LogP) is 2.56. The van der Waals surface area contributed by atoms with Crippen LogP contribution in [0, 0.1) is 0 Å². The average Bonchev–Trinajstić information content (AvgIpc) is 3.48. The standard InChI is InChI=1S/C23H26N6O4S/c1-32-18-12-15(14-29-11-3-8-26-29)13-19-22(18)23(28-33-19)21-17(27-16-6-9-25-10-7-16)4-2-5-20(21)34(24,30)31/h2-5,8,11-13,16,25,27H,6-7,9-10,14H2,1H3,(H2,24,30,31). The van der Waals surface area contributed by atoms with E-state index in [4.69, 9.17) is 14.4 Å². The molecular formula is C23H26N6O4S. The van der Waals surface area contributed by atoms with E-state index in [1.165, 1.54) is 6.07 Å². The van der Waals surface area contributed by atoms with Gasteiger partial charge in [0.15, 0.2) is 5.58 Å². The van der Waals surface area contributed by atoms with Crippen molar-refractivity contribution in [3.05, 3.63) is 54.4 Å². The lowest BCUT2D eigenvalue weighted by molar-refractivity contribution is 0.418. The molecule has 0 bridgehead atoms. The number of aromatic nitrogens is 3. The number of piperidine rings is 1. The number of nitrogens with one attached hydrogen (secondary N) is 2. The summed E-state index contributed by atoms with van der Waals surface area (Å²) in [5.74, 6) is 0.521. The molecule has 2 aromatic carbocycles. The highest BCUT2D eigenvalue weighted by Gasteiger charge is 2.27. The van der Waals surface area contributed by atoms with Gasteiger partial charge in [-0.25, -0.2) is 13.6 Å². The molecule has 0 saturated carbocycles. The fourth-order valence-electron chi connectivity index (χ4n) is 4.41. The number of rotatable bonds is 7. The lowest BCUT2D eigenvalue weighted by atomic mass is 10.0. The van der Waals surface area contributed by atoms with Crippen LogP contribution in [0.1, 0.15) is 18.4 Å². The van der Waals surface area contributed by atoms with Gasteiger partial charge in [0, 0.05) is 29.7 Å². The highest BCUT2D eigenvalue weighted by molar-refractivity contribution is 7.89. The minimum atomic E-state index is -4.04. The number of benzene rings is 2. The molecule has 178 valence electrons. The topological polar surface area (TPSA) is 137 Å². The number of sulfonamides is 1. The molecule has 0 spiro atoms. The molecule has 5 rings (SSSR count). The van der Waals surface area contributed by atoms with Crippen molar-refractivity contribution in [1.82, 2.24) is 20.3 Å². The van der Waals surface area contributed by atoms with Crippen LogP contribution < -0.4 is 20.5 Å². The fraction of sp³-hybridized carbons (Fsp3) is 0.304. The van der Waals surface area contributed by atoms with Gasteiger partial charge in [0.25, 0.3) is 0 Å². The Morgan fingerprint density at radius 1 is 1.26 bits per heavy atom. The summed E-state index contributed by atoms with van der Waals surface area (Å²) in [5, 5.41) is 21.6. The summed E-state index contributed by atoms with van der Waals surface area (Å²) < 4.78 is 38.3. The van der Waals surface area contributed by atoms with E-state index >= 15 is 0 Å². The molecule has 1 aliphatic rings. The zero-order valence-electron chi connectivity index (χ0n) is 18.7. The first-order valence-corrected chi connectivity index (χ1v) is 12.6. The van der Waals surface area contributed by atoms with Gasteiger partial charge in [-0.2, -0.15) is 5.10 Å². The number of hydrogen-bond donors (Lipinski definition) is 3. The summed E-state index contributed by atoms with van der Waals surface area (Å²) in [6.07, 6.45) is 5.41. The van der Waals surface area contributed by atoms with E-state index in [0.717, 1.165) is 31.5 Å². The summed E-state index contributed by atoms with van der Waals surface area (Å²) >= 11 is 0. The number of anilines is 1. The Hall–Kier alpha value is -3.41. The number of methoxy groups -OCH3 is 1. The maximum atomic E-state index is 12.6. The third-order valence-corrected chi connectivity index (χ3v) is 6.94. The van der Waals surface area contributed by atoms with Crippen molar-refractivity contribution in [3.63, 3.8) is 0 Å². The number of hydrogen-bond acceptors (Lipinski definition) is 8. The number of primary sulfonamides is 1. The van der Waals surface area contributed by atoms with Crippen LogP contribution in [-0.2, 0) is 16.6 Å². The zero-order chi connectivity index (χ0) is 23.7. The van der Waals surface area contributed by atoms with Crippen molar-refractivity contribution in [2.24, 2.45) is 5.14 Å². The van der Waals surface area contributed by atoms with Crippen molar-refractivity contribution < 1.29 is 17.7 Å². The van der Waals surface area contributed by atoms with E-state index in [1.54, 1.807) is 24.1 Å². The van der Waals surface area contributed by atoms with Crippen LogP contribution >= 0.6 is 0 Å². The summed E-state index contributed by atoms with van der Waals surface area (Å²) in [7, 11) is -2.48. The third kappa shape index (κ3) is 4.37. The lowest BCUT2D eigenvalue weighted by Gasteiger charge is -2.26. The van der Waals surface area contributed by atoms with E-state index in [-0.39, 0.29) is 10.9 Å². The second kappa shape index (κ2) is 9.09. The maximum Gasteiger partial charge on any atom is 0.238 e. The van der Waals surface area contributed by atoms with Crippen LogP contribution in [0.4, 0.5) is 5.69 Å². The average molecular weight is 483 g/mol. The van der Waals surface area contributed by atoms with Gasteiger partial charge in [-0.1, -0.05) is 11.2 Å². The van der Waals surface area contributed by atoms with Gasteiger partial charge in [-0.05, 0) is 61.8 Å². The second-order valence-electron chi connectivity index (χ2n) is 8.30. The largest absolute Gasteiger partial charge is 0.496 e. The summed E-state index contributed by atoms with van der Waals surface area (Å²) in [4.78, 5) is -0.0238. The minimum absolute atomic E-state index is 0.0238. The molecule has 2 aromatic heterocycles. The smallest absolute Gasteiger partial charge is 0.238 e. The fourth-order valence-corrected chi connectivity index (χ4v) is 5.17. The first-order valence-electron chi connectivity index (χ1n) is 11.0. The van der Waals surface area contributed by atoms with Gasteiger partial charge in [-0.3, -0.25) is 4.68 Å². The molecule has 0 unspecified atom stereocenters. The monoisotopic (exact) mass is 482 g/mol. The van der Waals surface area contributed by atoms with E-state index in [0.29, 0.717) is 40.2 Å². The summed E-state index contributed by atoms with van der Waals surface area (Å²) in [5.41, 5.74) is 2.76. The molecule has 0 amide bonds. The van der Waals surface area contributed by atoms with Gasteiger partial charge in [0.05, 0.1) is 23.9 Å². The minimum Gasteiger partial charge on any atom is -0.496 e. The van der Waals surface area contributed by atoms with Gasteiger partial charge in [0.2, 0.25) is 10.0 Å². The molecule has 0 radical (unpaired) electrons. The maximum absolute atomic E-state index is 12.6. The van der Waals surface area contributed by atoms with Crippen LogP contribution in [-0.4, -0.2) is 49.6 Å². The third-order valence-electron chi connectivity index (χ3n) is 5.99. The van der Waals surface area contributed by atoms with Crippen molar-refractivity contribution >= 4 is 26.7 Å². The van der Waals surface area contributed by atoms with Crippen LogP contribution in [0.3, 0.4) is 0 Å². The summed E-state index contributed by atoms with van der Waals surface area (Å²) in [6, 6.07) is 10.8. The van der Waals surface area contributed by atoms with E-state index in [9.17, 15) is 8.42 Å². The Balaban J connectivity index is 1.66. The van der Waals surface area contributed by atoms with Crippen molar-refractivity contribution in [3.8, 4) is 17.0 Å². The van der Waals surface area contributed by atoms with Crippen molar-refractivity contribution in [2.45, 2.75) is 30.3 Å². The first-order chi connectivity index (χ1) is 16.4. The van der Waals surface area contributed by atoms with Gasteiger partial charge >= 0.3 is 0 Å². The molecule has 1 saturated heterocycles. The zero-order valence-corrected chi connectivity index (χ0v) is 19.5. The molecule has 0 aliphatic carbocycles. The molecule has 3 heterocycles. The number of nitrogens with two attached hydrogens (primary N) is 1. The van der Waals surface area contributed by atoms with Gasteiger partial charge in [-0.15, -0.1) is 0 Å². The molecule has 0 atom stereocenters. The first kappa shape index (κ1) is 22.4. The lowest BCUT2D eigenvalue weighted by Crippen LogP contribution is -2.35. The van der Waals surface area contributed by atoms with Crippen LogP contribution in [0.2, 0.25) is 0 Å². The van der Waals surface area contributed by atoms with Crippen LogP contribution in [0.15, 0.2) is 58.2 Å². The van der Waals surface area contributed by atoms with Gasteiger partial charge in [0.1, 0.15) is 11.4 Å². The second-order valence-corrected chi connectivity index (χ2v) is 9.83. The molecule has 1 fully saturated rings.